The molecular formula is C34H39NO. The molecule has 0 saturated carbocycles. The Balaban J connectivity index is 1.68. The summed E-state index contributed by atoms with van der Waals surface area (Å²) in [5, 5.41) is 5.62. The van der Waals surface area contributed by atoms with E-state index < -0.39 is 0 Å². The highest BCUT2D eigenvalue weighted by Gasteiger charge is 2.36. The zero-order valence-corrected chi connectivity index (χ0v) is 23.4. The molecule has 4 aliphatic rings. The minimum atomic E-state index is 0.144. The SMILES string of the molecule is CC1=c2c(C)c(C)c3c4c(c(C)c(C)c3c2Oc2c3c5c(c(C)c21)CCCN5CCC3)=CCC4(C)C. The lowest BCUT2D eigenvalue weighted by atomic mass is 9.77. The first-order valence-corrected chi connectivity index (χ1v) is 14.0. The van der Waals surface area contributed by atoms with Crippen LogP contribution in [0.2, 0.25) is 0 Å². The van der Waals surface area contributed by atoms with Gasteiger partial charge in [0.05, 0.1) is 0 Å². The van der Waals surface area contributed by atoms with Gasteiger partial charge < -0.3 is 9.64 Å². The molecule has 1 aliphatic carbocycles. The molecule has 3 aromatic rings. The topological polar surface area (TPSA) is 12.5 Å². The monoisotopic (exact) mass is 477 g/mol. The molecule has 0 saturated heterocycles. The average molecular weight is 478 g/mol. The van der Waals surface area contributed by atoms with E-state index in [1.807, 2.05) is 0 Å². The van der Waals surface area contributed by atoms with Gasteiger partial charge in [-0.1, -0.05) is 19.9 Å². The van der Waals surface area contributed by atoms with E-state index in [-0.39, 0.29) is 5.41 Å². The van der Waals surface area contributed by atoms with Gasteiger partial charge in [0.2, 0.25) is 0 Å². The average Bonchev–Trinajstić information content (AvgIpc) is 3.17. The second-order valence-electron chi connectivity index (χ2n) is 12.6. The van der Waals surface area contributed by atoms with Crippen molar-refractivity contribution in [2.45, 2.75) is 92.9 Å². The van der Waals surface area contributed by atoms with Gasteiger partial charge in [-0.2, -0.15) is 0 Å². The van der Waals surface area contributed by atoms with Crippen molar-refractivity contribution in [3.8, 4) is 11.5 Å². The van der Waals surface area contributed by atoms with Crippen LogP contribution in [0.3, 0.4) is 0 Å². The van der Waals surface area contributed by atoms with Crippen molar-refractivity contribution in [2.24, 2.45) is 0 Å². The fraction of sp³-hybridized carbons (Fsp3) is 0.471. The van der Waals surface area contributed by atoms with Gasteiger partial charge in [-0.25, -0.2) is 0 Å². The van der Waals surface area contributed by atoms with Crippen molar-refractivity contribution in [1.82, 2.24) is 0 Å². The first kappa shape index (κ1) is 22.5. The predicted molar refractivity (Wildman–Crippen MR) is 153 cm³/mol. The van der Waals surface area contributed by atoms with Crippen molar-refractivity contribution in [2.75, 3.05) is 18.0 Å². The number of hydrogen-bond acceptors (Lipinski definition) is 2. The van der Waals surface area contributed by atoms with Crippen molar-refractivity contribution < 1.29 is 4.74 Å². The molecule has 0 atom stereocenters. The molecule has 3 aromatic carbocycles. The van der Waals surface area contributed by atoms with E-state index in [0.717, 1.165) is 24.3 Å². The van der Waals surface area contributed by atoms with Gasteiger partial charge in [-0.3, -0.25) is 0 Å². The van der Waals surface area contributed by atoms with Crippen LogP contribution >= 0.6 is 0 Å². The number of rotatable bonds is 0. The Morgan fingerprint density at radius 1 is 0.750 bits per heavy atom. The lowest BCUT2D eigenvalue weighted by molar-refractivity contribution is 0.464. The van der Waals surface area contributed by atoms with E-state index in [2.05, 4.69) is 66.4 Å². The number of fused-ring (bicyclic) bond motifs is 7. The summed E-state index contributed by atoms with van der Waals surface area (Å²) in [5.74, 6) is 2.28. The largest absolute Gasteiger partial charge is 0.455 e. The van der Waals surface area contributed by atoms with Crippen LogP contribution in [0, 0.1) is 34.6 Å². The summed E-state index contributed by atoms with van der Waals surface area (Å²) in [6.45, 7) is 21.3. The molecule has 186 valence electrons. The standard InChI is InChI=1S/C34H39NO/c1-17-18(2)29-28(30-23(17)13-14-34(30,7)8)20(4)19(3)26-22(6)27-21(5)24-11-9-15-35-16-10-12-25(31(24)35)32(27)36-33(26)29/h13H,9-12,14-16H2,1-8H3. The highest BCUT2D eigenvalue weighted by atomic mass is 16.5. The quantitative estimate of drug-likeness (QED) is 0.350. The van der Waals surface area contributed by atoms with Crippen LogP contribution in [-0.4, -0.2) is 13.1 Å². The van der Waals surface area contributed by atoms with Gasteiger partial charge in [0, 0.05) is 40.5 Å². The molecular weight excluding hydrogens is 438 g/mol. The fourth-order valence-corrected chi connectivity index (χ4v) is 8.20. The minimum absolute atomic E-state index is 0.144. The fourth-order valence-electron chi connectivity index (χ4n) is 8.20. The number of aryl methyl sites for hydroxylation is 2. The molecule has 0 radical (unpaired) electrons. The Morgan fingerprint density at radius 3 is 2.14 bits per heavy atom. The van der Waals surface area contributed by atoms with Gasteiger partial charge in [-0.15, -0.1) is 0 Å². The van der Waals surface area contributed by atoms with Gasteiger partial charge in [-0.05, 0) is 134 Å². The first-order chi connectivity index (χ1) is 17.1. The zero-order valence-electron chi connectivity index (χ0n) is 23.4. The highest BCUT2D eigenvalue weighted by molar-refractivity contribution is 6.01. The van der Waals surface area contributed by atoms with Crippen molar-refractivity contribution in [1.29, 1.82) is 0 Å². The van der Waals surface area contributed by atoms with Crippen LogP contribution in [0.15, 0.2) is 0 Å². The maximum atomic E-state index is 7.25. The zero-order chi connectivity index (χ0) is 25.3. The van der Waals surface area contributed by atoms with Crippen molar-refractivity contribution in [3.63, 3.8) is 0 Å². The first-order valence-electron chi connectivity index (χ1n) is 14.0. The molecule has 2 nitrogen and oxygen atoms in total. The van der Waals surface area contributed by atoms with E-state index in [1.54, 1.807) is 5.56 Å². The third-order valence-corrected chi connectivity index (χ3v) is 10.3. The van der Waals surface area contributed by atoms with E-state index in [1.165, 1.54) is 109 Å². The summed E-state index contributed by atoms with van der Waals surface area (Å²) in [5.41, 5.74) is 16.1. The second-order valence-corrected chi connectivity index (χ2v) is 12.6. The van der Waals surface area contributed by atoms with Crippen LogP contribution in [0.5, 0.6) is 11.5 Å². The Hall–Kier alpha value is -2.74. The van der Waals surface area contributed by atoms with E-state index in [9.17, 15) is 0 Å². The lowest BCUT2D eigenvalue weighted by Crippen LogP contribution is -2.36. The maximum Gasteiger partial charge on any atom is 0.143 e. The lowest BCUT2D eigenvalue weighted by Gasteiger charge is -2.40. The summed E-state index contributed by atoms with van der Waals surface area (Å²) < 4.78 is 7.25. The van der Waals surface area contributed by atoms with Gasteiger partial charge in [0.25, 0.3) is 0 Å². The van der Waals surface area contributed by atoms with E-state index >= 15 is 0 Å². The van der Waals surface area contributed by atoms with Crippen LogP contribution in [0.4, 0.5) is 5.69 Å². The smallest absolute Gasteiger partial charge is 0.143 e. The molecule has 36 heavy (non-hydrogen) atoms. The van der Waals surface area contributed by atoms with Crippen LogP contribution in [0.25, 0.3) is 22.4 Å². The van der Waals surface area contributed by atoms with Gasteiger partial charge in [0.1, 0.15) is 11.5 Å². The third kappa shape index (κ3) is 2.58. The maximum absolute atomic E-state index is 7.25. The Kier molecular flexibility index (Phi) is 4.48. The normalized spacial score (nSPS) is 18.9. The Bertz CT molecular complexity index is 1670. The summed E-state index contributed by atoms with van der Waals surface area (Å²) >= 11 is 0. The number of ether oxygens (including phenoxy) is 1. The molecule has 0 aromatic heterocycles. The molecule has 0 unspecified atom stereocenters. The number of benzene rings is 3. The summed E-state index contributed by atoms with van der Waals surface area (Å²) in [7, 11) is 0. The molecule has 0 fully saturated rings. The second kappa shape index (κ2) is 7.18. The van der Waals surface area contributed by atoms with E-state index in [4.69, 9.17) is 4.74 Å². The predicted octanol–water partition coefficient (Wildman–Crippen LogP) is 6.87. The Morgan fingerprint density at radius 2 is 1.42 bits per heavy atom. The number of anilines is 1. The van der Waals surface area contributed by atoms with Crippen molar-refractivity contribution >= 4 is 28.1 Å². The van der Waals surface area contributed by atoms with Gasteiger partial charge >= 0.3 is 0 Å². The molecule has 2 heteroatoms. The Labute approximate surface area is 215 Å². The molecule has 0 amide bonds. The molecule has 0 spiro atoms. The number of nitrogens with zero attached hydrogens (tertiary/aromatic N) is 1. The highest BCUT2D eigenvalue weighted by Crippen LogP contribution is 2.51. The molecule has 0 N–H and O–H groups in total. The molecule has 7 rings (SSSR count). The third-order valence-electron chi connectivity index (χ3n) is 10.3. The summed E-state index contributed by atoms with van der Waals surface area (Å²) in [4.78, 5) is 2.65. The molecule has 3 heterocycles. The van der Waals surface area contributed by atoms with Gasteiger partial charge in [0.15, 0.2) is 0 Å². The van der Waals surface area contributed by atoms with E-state index in [0.29, 0.717) is 0 Å². The summed E-state index contributed by atoms with van der Waals surface area (Å²) in [6.07, 6.45) is 8.40. The van der Waals surface area contributed by atoms with Crippen LogP contribution in [-0.2, 0) is 18.3 Å². The van der Waals surface area contributed by atoms with Crippen LogP contribution in [0.1, 0.15) is 90.1 Å². The molecule has 3 aliphatic heterocycles. The van der Waals surface area contributed by atoms with Crippen LogP contribution < -0.4 is 20.1 Å². The summed E-state index contributed by atoms with van der Waals surface area (Å²) in [6, 6.07) is 0. The number of hydrogen-bond donors (Lipinski definition) is 0. The molecule has 0 bridgehead atoms. The minimum Gasteiger partial charge on any atom is -0.455 e. The van der Waals surface area contributed by atoms with Crippen molar-refractivity contribution in [3.05, 3.63) is 60.5 Å².